The van der Waals surface area contributed by atoms with Crippen molar-refractivity contribution in [3.05, 3.63) is 11.6 Å². The summed E-state index contributed by atoms with van der Waals surface area (Å²) in [7, 11) is 0. The molecule has 0 saturated carbocycles. The van der Waals surface area contributed by atoms with Gasteiger partial charge in [-0.2, -0.15) is 0 Å². The summed E-state index contributed by atoms with van der Waals surface area (Å²) in [6.07, 6.45) is 8.98. The van der Waals surface area contributed by atoms with E-state index in [1.165, 1.54) is 32.1 Å². The number of hydrogen-bond acceptors (Lipinski definition) is 0. The van der Waals surface area contributed by atoms with Gasteiger partial charge in [0, 0.05) is 0 Å². The maximum Gasteiger partial charge on any atom is -0.0321 e. The average molecular weight is 196 g/mol. The lowest BCUT2D eigenvalue weighted by atomic mass is 9.97. The van der Waals surface area contributed by atoms with Crippen molar-refractivity contribution in [1.29, 1.82) is 0 Å². The second-order valence-corrected chi connectivity index (χ2v) is 4.85. The number of hydrogen-bond donors (Lipinski definition) is 0. The molecule has 0 spiro atoms. The van der Waals surface area contributed by atoms with Gasteiger partial charge in [-0.25, -0.2) is 0 Å². The Labute approximate surface area is 90.8 Å². The highest BCUT2D eigenvalue weighted by molar-refractivity contribution is 4.98. The minimum absolute atomic E-state index is 0.855. The van der Waals surface area contributed by atoms with E-state index >= 15 is 0 Å². The van der Waals surface area contributed by atoms with E-state index in [1.807, 2.05) is 0 Å². The monoisotopic (exact) mass is 196 g/mol. The Hall–Kier alpha value is -0.260. The average Bonchev–Trinajstić information content (AvgIpc) is 2.22. The van der Waals surface area contributed by atoms with Crippen LogP contribution in [0.25, 0.3) is 0 Å². The van der Waals surface area contributed by atoms with E-state index in [1.54, 1.807) is 5.57 Å². The first-order valence-corrected chi connectivity index (χ1v) is 6.25. The Morgan fingerprint density at radius 2 is 1.64 bits per heavy atom. The Morgan fingerprint density at radius 3 is 2.14 bits per heavy atom. The quantitative estimate of drug-likeness (QED) is 0.491. The van der Waals surface area contributed by atoms with Crippen molar-refractivity contribution in [2.75, 3.05) is 0 Å². The van der Waals surface area contributed by atoms with Gasteiger partial charge >= 0.3 is 0 Å². The first kappa shape index (κ1) is 13.7. The van der Waals surface area contributed by atoms with Crippen LogP contribution in [0.5, 0.6) is 0 Å². The molecule has 0 aliphatic rings. The molecule has 0 aliphatic heterocycles. The van der Waals surface area contributed by atoms with Gasteiger partial charge in [0.1, 0.15) is 0 Å². The lowest BCUT2D eigenvalue weighted by Gasteiger charge is -2.09. The van der Waals surface area contributed by atoms with Crippen LogP contribution in [0, 0.1) is 11.8 Å². The smallest absolute Gasteiger partial charge is 0.0321 e. The fraction of sp³-hybridized carbons (Fsp3) is 0.857. The maximum atomic E-state index is 2.44. The zero-order chi connectivity index (χ0) is 11.0. The molecule has 0 N–H and O–H groups in total. The highest BCUT2D eigenvalue weighted by Gasteiger charge is 2.00. The molecular weight excluding hydrogens is 168 g/mol. The first-order valence-electron chi connectivity index (χ1n) is 6.25. The van der Waals surface area contributed by atoms with Crippen molar-refractivity contribution >= 4 is 0 Å². The molecule has 2 atom stereocenters. The topological polar surface area (TPSA) is 0 Å². The van der Waals surface area contributed by atoms with Gasteiger partial charge in [0.15, 0.2) is 0 Å². The molecule has 0 rings (SSSR count). The first-order chi connectivity index (χ1) is 6.60. The van der Waals surface area contributed by atoms with Gasteiger partial charge in [0.2, 0.25) is 0 Å². The van der Waals surface area contributed by atoms with E-state index in [2.05, 4.69) is 40.7 Å². The summed E-state index contributed by atoms with van der Waals surface area (Å²) in [4.78, 5) is 0. The van der Waals surface area contributed by atoms with Crippen molar-refractivity contribution in [3.8, 4) is 0 Å². The van der Waals surface area contributed by atoms with Crippen molar-refractivity contribution in [2.45, 2.75) is 66.7 Å². The molecule has 0 nitrogen and oxygen atoms in total. The molecule has 0 heterocycles. The van der Waals surface area contributed by atoms with Crippen LogP contribution in [-0.2, 0) is 0 Å². The zero-order valence-electron chi connectivity index (χ0n) is 10.8. The van der Waals surface area contributed by atoms with Crippen LogP contribution in [0.15, 0.2) is 11.6 Å². The van der Waals surface area contributed by atoms with Crippen LogP contribution in [0.2, 0.25) is 0 Å². The summed E-state index contributed by atoms with van der Waals surface area (Å²) in [6, 6.07) is 0. The fourth-order valence-corrected chi connectivity index (χ4v) is 1.35. The molecular formula is C14H28. The minimum atomic E-state index is 0.855. The Bertz CT molecular complexity index is 155. The second kappa shape index (κ2) is 8.08. The predicted octanol–water partition coefficient (Wildman–Crippen LogP) is 5.20. The third kappa shape index (κ3) is 7.17. The fourth-order valence-electron chi connectivity index (χ4n) is 1.35. The molecule has 0 fully saturated rings. The summed E-state index contributed by atoms with van der Waals surface area (Å²) in [6.45, 7) is 11.5. The maximum absolute atomic E-state index is 2.44. The second-order valence-electron chi connectivity index (χ2n) is 4.85. The predicted molar refractivity (Wildman–Crippen MR) is 66.5 cm³/mol. The molecule has 2 unspecified atom stereocenters. The van der Waals surface area contributed by atoms with Gasteiger partial charge in [0.25, 0.3) is 0 Å². The number of rotatable bonds is 7. The Kier molecular flexibility index (Phi) is 7.93. The van der Waals surface area contributed by atoms with Crippen LogP contribution in [0.3, 0.4) is 0 Å². The van der Waals surface area contributed by atoms with Crippen molar-refractivity contribution < 1.29 is 0 Å². The number of allylic oxidation sites excluding steroid dienone is 2. The lowest BCUT2D eigenvalue weighted by Crippen LogP contribution is -1.93. The van der Waals surface area contributed by atoms with Crippen molar-refractivity contribution in [1.82, 2.24) is 0 Å². The van der Waals surface area contributed by atoms with E-state index in [4.69, 9.17) is 0 Å². The molecule has 84 valence electrons. The van der Waals surface area contributed by atoms with Crippen molar-refractivity contribution in [3.63, 3.8) is 0 Å². The molecule has 0 bridgehead atoms. The van der Waals surface area contributed by atoms with E-state index in [0.29, 0.717) is 0 Å². The molecule has 0 amide bonds. The lowest BCUT2D eigenvalue weighted by molar-refractivity contribution is 0.513. The van der Waals surface area contributed by atoms with Crippen LogP contribution in [0.1, 0.15) is 66.7 Å². The molecule has 0 aromatic rings. The molecule has 0 aromatic heterocycles. The van der Waals surface area contributed by atoms with Crippen molar-refractivity contribution in [2.24, 2.45) is 11.8 Å². The van der Waals surface area contributed by atoms with Gasteiger partial charge < -0.3 is 0 Å². The van der Waals surface area contributed by atoms with Gasteiger partial charge in [0.05, 0.1) is 0 Å². The minimum Gasteiger partial charge on any atom is -0.0853 e. The van der Waals surface area contributed by atoms with Gasteiger partial charge in [-0.05, 0) is 38.0 Å². The van der Waals surface area contributed by atoms with Crippen LogP contribution in [0.4, 0.5) is 0 Å². The summed E-state index contributed by atoms with van der Waals surface area (Å²) < 4.78 is 0. The highest BCUT2D eigenvalue weighted by atomic mass is 14.1. The summed E-state index contributed by atoms with van der Waals surface area (Å²) >= 11 is 0. The Morgan fingerprint density at radius 1 is 1.07 bits per heavy atom. The van der Waals surface area contributed by atoms with Crippen LogP contribution >= 0.6 is 0 Å². The summed E-state index contributed by atoms with van der Waals surface area (Å²) in [5.74, 6) is 1.75. The molecule has 0 saturated heterocycles. The van der Waals surface area contributed by atoms with Crippen LogP contribution < -0.4 is 0 Å². The molecule has 0 aromatic carbocycles. The third-order valence-corrected chi connectivity index (χ3v) is 3.29. The molecule has 0 radical (unpaired) electrons. The molecule has 0 heteroatoms. The third-order valence-electron chi connectivity index (χ3n) is 3.29. The van der Waals surface area contributed by atoms with E-state index in [-0.39, 0.29) is 0 Å². The summed E-state index contributed by atoms with van der Waals surface area (Å²) in [5.41, 5.74) is 1.59. The van der Waals surface area contributed by atoms with Gasteiger partial charge in [-0.3, -0.25) is 0 Å². The van der Waals surface area contributed by atoms with Gasteiger partial charge in [-0.1, -0.05) is 52.2 Å². The summed E-state index contributed by atoms with van der Waals surface area (Å²) in [5, 5.41) is 0. The molecule has 0 aliphatic carbocycles. The SMILES string of the molecule is CCC(C)CC=C(C)CCC(C)CC. The Balaban J connectivity index is 3.66. The highest BCUT2D eigenvalue weighted by Crippen LogP contribution is 2.16. The van der Waals surface area contributed by atoms with E-state index in [0.717, 1.165) is 11.8 Å². The zero-order valence-corrected chi connectivity index (χ0v) is 10.8. The largest absolute Gasteiger partial charge is 0.0853 e. The van der Waals surface area contributed by atoms with E-state index in [9.17, 15) is 0 Å². The van der Waals surface area contributed by atoms with Crippen LogP contribution in [-0.4, -0.2) is 0 Å². The van der Waals surface area contributed by atoms with Gasteiger partial charge in [-0.15, -0.1) is 0 Å². The van der Waals surface area contributed by atoms with E-state index < -0.39 is 0 Å². The standard InChI is InChI=1S/C14H28/c1-6-12(3)8-10-14(5)11-9-13(4)7-2/h10,12-13H,6-9,11H2,1-5H3. The normalized spacial score (nSPS) is 16.8. The molecule has 14 heavy (non-hydrogen) atoms.